The number of rotatable bonds is 3. The van der Waals surface area contributed by atoms with Gasteiger partial charge in [0.25, 0.3) is 0 Å². The van der Waals surface area contributed by atoms with Gasteiger partial charge < -0.3 is 8.60 Å². The standard InChI is InChI=1S/C16H11BrO5S/c1-10-8-13(5-6-14(10)17)23(19,20)22-12-4-2-11-3-7-16(18)21-15(11)9-12/h2-9H,1H3. The van der Waals surface area contributed by atoms with Crippen LogP contribution in [-0.4, -0.2) is 8.42 Å². The minimum absolute atomic E-state index is 0.0489. The van der Waals surface area contributed by atoms with E-state index in [0.29, 0.717) is 5.39 Å². The lowest BCUT2D eigenvalue weighted by Gasteiger charge is -2.08. The molecule has 2 aromatic carbocycles. The number of hydrogen-bond donors (Lipinski definition) is 0. The molecule has 0 atom stereocenters. The molecule has 1 heterocycles. The lowest BCUT2D eigenvalue weighted by Crippen LogP contribution is -2.10. The zero-order chi connectivity index (χ0) is 16.6. The fourth-order valence-electron chi connectivity index (χ4n) is 2.04. The first kappa shape index (κ1) is 15.8. The molecule has 0 aliphatic rings. The molecule has 23 heavy (non-hydrogen) atoms. The van der Waals surface area contributed by atoms with E-state index >= 15 is 0 Å². The van der Waals surface area contributed by atoms with E-state index in [2.05, 4.69) is 15.9 Å². The van der Waals surface area contributed by atoms with Crippen molar-refractivity contribution >= 4 is 37.0 Å². The van der Waals surface area contributed by atoms with Crippen molar-refractivity contribution in [3.63, 3.8) is 0 Å². The third-order valence-electron chi connectivity index (χ3n) is 3.22. The minimum atomic E-state index is -3.97. The Labute approximate surface area is 140 Å². The van der Waals surface area contributed by atoms with Crippen molar-refractivity contribution < 1.29 is 17.0 Å². The van der Waals surface area contributed by atoms with Crippen LogP contribution < -0.4 is 9.81 Å². The van der Waals surface area contributed by atoms with Crippen LogP contribution in [0.4, 0.5) is 0 Å². The molecule has 0 saturated carbocycles. The first-order valence-corrected chi connectivity index (χ1v) is 8.80. The van der Waals surface area contributed by atoms with Gasteiger partial charge in [-0.3, -0.25) is 0 Å². The van der Waals surface area contributed by atoms with Crippen molar-refractivity contribution in [2.75, 3.05) is 0 Å². The van der Waals surface area contributed by atoms with Crippen LogP contribution in [0.25, 0.3) is 11.0 Å². The van der Waals surface area contributed by atoms with Crippen LogP contribution >= 0.6 is 15.9 Å². The van der Waals surface area contributed by atoms with Gasteiger partial charge in [0.2, 0.25) is 0 Å². The lowest BCUT2D eigenvalue weighted by molar-refractivity contribution is 0.485. The summed E-state index contributed by atoms with van der Waals surface area (Å²) in [5, 5.41) is 0.675. The van der Waals surface area contributed by atoms with Crippen molar-refractivity contribution in [2.24, 2.45) is 0 Å². The maximum absolute atomic E-state index is 12.3. The van der Waals surface area contributed by atoms with Crippen molar-refractivity contribution in [3.8, 4) is 5.75 Å². The molecule has 5 nitrogen and oxygen atoms in total. The fraction of sp³-hybridized carbons (Fsp3) is 0.0625. The third kappa shape index (κ3) is 3.30. The molecule has 0 N–H and O–H groups in total. The number of benzene rings is 2. The van der Waals surface area contributed by atoms with E-state index in [9.17, 15) is 13.2 Å². The Morgan fingerprint density at radius 3 is 2.52 bits per heavy atom. The molecule has 0 amide bonds. The Bertz CT molecular complexity index is 1050. The first-order valence-electron chi connectivity index (χ1n) is 6.60. The molecule has 0 spiro atoms. The summed E-state index contributed by atoms with van der Waals surface area (Å²) in [4.78, 5) is 11.3. The highest BCUT2D eigenvalue weighted by Crippen LogP contribution is 2.25. The Balaban J connectivity index is 1.99. The Morgan fingerprint density at radius 2 is 1.78 bits per heavy atom. The van der Waals surface area contributed by atoms with Crippen LogP contribution in [0.1, 0.15) is 5.56 Å². The van der Waals surface area contributed by atoms with Crippen molar-refractivity contribution in [1.29, 1.82) is 0 Å². The molecule has 0 unspecified atom stereocenters. The molecule has 0 bridgehead atoms. The van der Waals surface area contributed by atoms with Gasteiger partial charge in [-0.15, -0.1) is 0 Å². The average molecular weight is 395 g/mol. The predicted molar refractivity (Wildman–Crippen MR) is 89.2 cm³/mol. The molecule has 0 saturated heterocycles. The van der Waals surface area contributed by atoms with Gasteiger partial charge in [0.1, 0.15) is 16.2 Å². The zero-order valence-corrected chi connectivity index (χ0v) is 14.3. The molecular weight excluding hydrogens is 384 g/mol. The van der Waals surface area contributed by atoms with Crippen LogP contribution in [0.2, 0.25) is 0 Å². The molecule has 3 rings (SSSR count). The Kier molecular flexibility index (Phi) is 3.99. The third-order valence-corrected chi connectivity index (χ3v) is 5.35. The van der Waals surface area contributed by atoms with E-state index in [1.165, 1.54) is 30.3 Å². The zero-order valence-electron chi connectivity index (χ0n) is 11.9. The summed E-state index contributed by atoms with van der Waals surface area (Å²) in [6.07, 6.45) is 0. The highest BCUT2D eigenvalue weighted by molar-refractivity contribution is 9.10. The monoisotopic (exact) mass is 394 g/mol. The second-order valence-corrected chi connectivity index (χ2v) is 7.30. The molecule has 1 aromatic heterocycles. The van der Waals surface area contributed by atoms with E-state index < -0.39 is 15.7 Å². The Hall–Kier alpha value is -2.12. The molecule has 118 valence electrons. The first-order chi connectivity index (χ1) is 10.8. The van der Waals surface area contributed by atoms with Crippen LogP contribution in [0.3, 0.4) is 0 Å². The normalized spacial score (nSPS) is 11.6. The van der Waals surface area contributed by atoms with Crippen LogP contribution in [0.15, 0.2) is 67.1 Å². The quantitative estimate of drug-likeness (QED) is 0.500. The number of fused-ring (bicyclic) bond motifs is 1. The van der Waals surface area contributed by atoms with Gasteiger partial charge in [0.15, 0.2) is 0 Å². The largest absolute Gasteiger partial charge is 0.423 e. The van der Waals surface area contributed by atoms with Gasteiger partial charge in [-0.05, 0) is 48.9 Å². The second kappa shape index (κ2) is 5.82. The average Bonchev–Trinajstić information content (AvgIpc) is 2.49. The molecule has 7 heteroatoms. The summed E-state index contributed by atoms with van der Waals surface area (Å²) in [6, 6.07) is 12.0. The summed E-state index contributed by atoms with van der Waals surface area (Å²) < 4.78 is 35.6. The molecule has 0 fully saturated rings. The maximum atomic E-state index is 12.3. The molecule has 0 radical (unpaired) electrons. The van der Waals surface area contributed by atoms with Gasteiger partial charge in [0.05, 0.1) is 0 Å². The van der Waals surface area contributed by atoms with Crippen molar-refractivity contribution in [2.45, 2.75) is 11.8 Å². The van der Waals surface area contributed by atoms with Gasteiger partial charge in [-0.25, -0.2) is 4.79 Å². The smallest absolute Gasteiger partial charge is 0.339 e. The molecule has 3 aromatic rings. The molecule has 0 aliphatic heterocycles. The predicted octanol–water partition coefficient (Wildman–Crippen LogP) is 3.63. The van der Waals surface area contributed by atoms with Crippen molar-refractivity contribution in [1.82, 2.24) is 0 Å². The lowest BCUT2D eigenvalue weighted by atomic mass is 10.2. The second-order valence-electron chi connectivity index (χ2n) is 4.90. The highest BCUT2D eigenvalue weighted by atomic mass is 79.9. The van der Waals surface area contributed by atoms with Crippen LogP contribution in [0.5, 0.6) is 5.75 Å². The van der Waals surface area contributed by atoms with Crippen LogP contribution in [0, 0.1) is 6.92 Å². The van der Waals surface area contributed by atoms with Crippen LogP contribution in [-0.2, 0) is 10.1 Å². The maximum Gasteiger partial charge on any atom is 0.339 e. The van der Waals surface area contributed by atoms with E-state index in [-0.39, 0.29) is 16.2 Å². The number of hydrogen-bond acceptors (Lipinski definition) is 5. The summed E-state index contributed by atoms with van der Waals surface area (Å²) in [5.41, 5.74) is 0.525. The van der Waals surface area contributed by atoms with E-state index in [4.69, 9.17) is 8.60 Å². The topological polar surface area (TPSA) is 73.6 Å². The molecular formula is C16H11BrO5S. The highest BCUT2D eigenvalue weighted by Gasteiger charge is 2.18. The SMILES string of the molecule is Cc1cc(S(=O)(=O)Oc2ccc3ccc(=O)oc3c2)ccc1Br. The van der Waals surface area contributed by atoms with E-state index in [0.717, 1.165) is 10.0 Å². The fourth-order valence-corrected chi connectivity index (χ4v) is 3.30. The van der Waals surface area contributed by atoms with E-state index in [1.54, 1.807) is 25.1 Å². The minimum Gasteiger partial charge on any atom is -0.423 e. The van der Waals surface area contributed by atoms with Gasteiger partial charge in [0, 0.05) is 22.0 Å². The Morgan fingerprint density at radius 1 is 1.04 bits per heavy atom. The van der Waals surface area contributed by atoms with Gasteiger partial charge in [-0.2, -0.15) is 8.42 Å². The van der Waals surface area contributed by atoms with E-state index in [1.807, 2.05) is 0 Å². The summed E-state index contributed by atoms with van der Waals surface area (Å²) in [5.74, 6) is 0.0763. The van der Waals surface area contributed by atoms with Gasteiger partial charge >= 0.3 is 15.7 Å². The summed E-state index contributed by atoms with van der Waals surface area (Å²) in [6.45, 7) is 1.79. The number of aryl methyl sites for hydroxylation is 1. The summed E-state index contributed by atoms with van der Waals surface area (Å²) >= 11 is 3.32. The van der Waals surface area contributed by atoms with Crippen molar-refractivity contribution in [3.05, 3.63) is 69.0 Å². The number of halogens is 1. The summed E-state index contributed by atoms with van der Waals surface area (Å²) in [7, 11) is -3.97. The van der Waals surface area contributed by atoms with Gasteiger partial charge in [-0.1, -0.05) is 15.9 Å². The molecule has 0 aliphatic carbocycles.